The zero-order valence-electron chi connectivity index (χ0n) is 16.3. The summed E-state index contributed by atoms with van der Waals surface area (Å²) < 4.78 is 1.87. The molecule has 1 aliphatic heterocycles. The maximum absolute atomic E-state index is 12.3. The number of carbonyl (C=O) groups is 1. The predicted octanol–water partition coefficient (Wildman–Crippen LogP) is 2.49. The van der Waals surface area contributed by atoms with Crippen molar-refractivity contribution in [3.63, 3.8) is 0 Å². The van der Waals surface area contributed by atoms with Crippen LogP contribution >= 0.6 is 0 Å². The molecule has 3 aromatic rings. The van der Waals surface area contributed by atoms with E-state index in [2.05, 4.69) is 46.2 Å². The summed E-state index contributed by atoms with van der Waals surface area (Å²) in [7, 11) is 0. The summed E-state index contributed by atoms with van der Waals surface area (Å²) in [6, 6.07) is 8.27. The number of anilines is 1. The largest absolute Gasteiger partial charge is 0.352 e. The number of rotatable bonds is 3. The quantitative estimate of drug-likeness (QED) is 0.703. The van der Waals surface area contributed by atoms with E-state index in [1.165, 1.54) is 5.56 Å². The lowest BCUT2D eigenvalue weighted by atomic mass is 10.2. The first kappa shape index (κ1) is 17.2. The Balaban J connectivity index is 1.45. The van der Waals surface area contributed by atoms with Crippen LogP contribution in [0.4, 0.5) is 5.82 Å². The van der Waals surface area contributed by atoms with E-state index in [-0.39, 0.29) is 5.92 Å². The van der Waals surface area contributed by atoms with Crippen LogP contribution in [0.3, 0.4) is 0 Å². The predicted molar refractivity (Wildman–Crippen MR) is 108 cm³/mol. The number of nitrogens with zero attached hydrogens (tertiary/aromatic N) is 6. The molecule has 0 unspecified atom stereocenters. The number of hydrogen-bond donors (Lipinski definition) is 0. The summed E-state index contributed by atoms with van der Waals surface area (Å²) in [5.41, 5.74) is 3.03. The van der Waals surface area contributed by atoms with Gasteiger partial charge >= 0.3 is 0 Å². The van der Waals surface area contributed by atoms with Crippen molar-refractivity contribution < 1.29 is 4.79 Å². The number of carbonyl (C=O) groups excluding carboxylic acids is 1. The number of amides is 1. The molecule has 5 rings (SSSR count). The second-order valence-electron chi connectivity index (χ2n) is 7.81. The third-order valence-electron chi connectivity index (χ3n) is 5.62. The molecule has 7 heteroatoms. The second kappa shape index (κ2) is 6.58. The van der Waals surface area contributed by atoms with Gasteiger partial charge in [-0.05, 0) is 38.8 Å². The second-order valence-corrected chi connectivity index (χ2v) is 7.81. The molecule has 0 bridgehead atoms. The van der Waals surface area contributed by atoms with E-state index in [1.54, 1.807) is 0 Å². The fourth-order valence-corrected chi connectivity index (χ4v) is 3.84. The Hall–Kier alpha value is -2.96. The number of aromatic nitrogens is 4. The third kappa shape index (κ3) is 3.00. The van der Waals surface area contributed by atoms with Crippen molar-refractivity contribution in [1.82, 2.24) is 24.6 Å². The average molecular weight is 376 g/mol. The Morgan fingerprint density at radius 1 is 1.00 bits per heavy atom. The van der Waals surface area contributed by atoms with Gasteiger partial charge in [0.05, 0.1) is 17.3 Å². The van der Waals surface area contributed by atoms with Gasteiger partial charge in [-0.2, -0.15) is 5.10 Å². The van der Waals surface area contributed by atoms with Crippen molar-refractivity contribution in [3.05, 3.63) is 41.9 Å². The van der Waals surface area contributed by atoms with Crippen molar-refractivity contribution in [2.45, 2.75) is 26.7 Å². The van der Waals surface area contributed by atoms with Gasteiger partial charge in [-0.3, -0.25) is 4.79 Å². The molecule has 2 aliphatic rings. The number of hydrogen-bond acceptors (Lipinski definition) is 5. The molecule has 0 N–H and O–H groups in total. The molecule has 0 atom stereocenters. The van der Waals surface area contributed by atoms with Crippen LogP contribution in [-0.4, -0.2) is 56.7 Å². The van der Waals surface area contributed by atoms with Crippen molar-refractivity contribution in [2.24, 2.45) is 5.92 Å². The molecule has 1 saturated carbocycles. The first-order valence-electron chi connectivity index (χ1n) is 9.93. The van der Waals surface area contributed by atoms with Crippen LogP contribution in [0, 0.1) is 19.8 Å². The summed E-state index contributed by atoms with van der Waals surface area (Å²) in [5, 5.41) is 5.54. The lowest BCUT2D eigenvalue weighted by Crippen LogP contribution is -2.49. The molecule has 0 radical (unpaired) electrons. The maximum atomic E-state index is 12.3. The van der Waals surface area contributed by atoms with Crippen LogP contribution < -0.4 is 4.90 Å². The van der Waals surface area contributed by atoms with Crippen molar-refractivity contribution in [2.75, 3.05) is 31.1 Å². The normalized spacial score (nSPS) is 17.4. The lowest BCUT2D eigenvalue weighted by Gasteiger charge is -2.35. The fraction of sp³-hybridized carbons (Fsp3) is 0.429. The van der Waals surface area contributed by atoms with Crippen molar-refractivity contribution in [1.29, 1.82) is 0 Å². The Kier molecular flexibility index (Phi) is 4.03. The summed E-state index contributed by atoms with van der Waals surface area (Å²) in [6.45, 7) is 7.09. The molecule has 1 amide bonds. The van der Waals surface area contributed by atoms with Crippen molar-refractivity contribution >= 4 is 22.8 Å². The van der Waals surface area contributed by atoms with Crippen LogP contribution in [0.5, 0.6) is 0 Å². The summed E-state index contributed by atoms with van der Waals surface area (Å²) in [5.74, 6) is 2.26. The van der Waals surface area contributed by atoms with Gasteiger partial charge in [0.1, 0.15) is 11.6 Å². The molecule has 1 aromatic carbocycles. The zero-order valence-corrected chi connectivity index (χ0v) is 16.3. The number of benzene rings is 1. The summed E-state index contributed by atoms with van der Waals surface area (Å²) >= 11 is 0. The number of fused-ring (bicyclic) bond motifs is 1. The van der Waals surface area contributed by atoms with Gasteiger partial charge in [-0.1, -0.05) is 17.7 Å². The van der Waals surface area contributed by atoms with E-state index in [1.807, 2.05) is 22.7 Å². The molecular formula is C21H24N6O. The fourth-order valence-electron chi connectivity index (χ4n) is 3.84. The standard InChI is InChI=1S/C21H24N6O/c1-14-3-7-17(8-4-14)27-20-18(13-22-27)19(23-15(2)24-20)25-9-11-26(12-10-25)21(28)16-5-6-16/h3-4,7-8,13,16H,5-6,9-12H2,1-2H3. The van der Waals surface area contributed by atoms with Gasteiger partial charge in [0.25, 0.3) is 0 Å². The molecule has 7 nitrogen and oxygen atoms in total. The van der Waals surface area contributed by atoms with E-state index in [9.17, 15) is 4.79 Å². The Morgan fingerprint density at radius 2 is 1.71 bits per heavy atom. The van der Waals surface area contributed by atoms with E-state index in [4.69, 9.17) is 4.98 Å². The summed E-state index contributed by atoms with van der Waals surface area (Å²) in [6.07, 6.45) is 3.97. The van der Waals surface area contributed by atoms with Crippen molar-refractivity contribution in [3.8, 4) is 5.69 Å². The molecule has 3 heterocycles. The molecule has 2 fully saturated rings. The molecule has 1 saturated heterocycles. The minimum Gasteiger partial charge on any atom is -0.352 e. The highest BCUT2D eigenvalue weighted by Crippen LogP contribution is 2.32. The van der Waals surface area contributed by atoms with Crippen LogP contribution in [0.25, 0.3) is 16.7 Å². The highest BCUT2D eigenvalue weighted by molar-refractivity contribution is 5.88. The number of aryl methyl sites for hydroxylation is 2. The Morgan fingerprint density at radius 3 is 2.39 bits per heavy atom. The molecule has 0 spiro atoms. The highest BCUT2D eigenvalue weighted by atomic mass is 16.2. The molecule has 28 heavy (non-hydrogen) atoms. The van der Waals surface area contributed by atoms with Gasteiger partial charge in [-0.25, -0.2) is 14.6 Å². The topological polar surface area (TPSA) is 67.2 Å². The lowest BCUT2D eigenvalue weighted by molar-refractivity contribution is -0.132. The SMILES string of the molecule is Cc1ccc(-n2ncc3c(N4CCN(C(=O)C5CC5)CC4)nc(C)nc32)cc1. The van der Waals surface area contributed by atoms with Gasteiger partial charge < -0.3 is 9.80 Å². The third-order valence-corrected chi connectivity index (χ3v) is 5.62. The van der Waals surface area contributed by atoms with E-state index in [0.717, 1.165) is 67.4 Å². The van der Waals surface area contributed by atoms with E-state index < -0.39 is 0 Å². The van der Waals surface area contributed by atoms with Crippen LogP contribution in [-0.2, 0) is 4.79 Å². The van der Waals surface area contributed by atoms with Gasteiger partial charge in [0.2, 0.25) is 5.91 Å². The van der Waals surface area contributed by atoms with Gasteiger partial charge in [0.15, 0.2) is 5.65 Å². The first-order valence-corrected chi connectivity index (χ1v) is 9.93. The highest BCUT2D eigenvalue weighted by Gasteiger charge is 2.35. The number of piperazine rings is 1. The van der Waals surface area contributed by atoms with Crippen LogP contribution in [0.2, 0.25) is 0 Å². The monoisotopic (exact) mass is 376 g/mol. The summed E-state index contributed by atoms with van der Waals surface area (Å²) in [4.78, 5) is 26.0. The van der Waals surface area contributed by atoms with Gasteiger partial charge in [-0.15, -0.1) is 0 Å². The van der Waals surface area contributed by atoms with E-state index >= 15 is 0 Å². The van der Waals surface area contributed by atoms with E-state index in [0.29, 0.717) is 5.91 Å². The minimum absolute atomic E-state index is 0.285. The molecule has 144 valence electrons. The Labute approximate surface area is 164 Å². The smallest absolute Gasteiger partial charge is 0.225 e. The van der Waals surface area contributed by atoms with Crippen LogP contribution in [0.15, 0.2) is 30.5 Å². The minimum atomic E-state index is 0.285. The first-order chi connectivity index (χ1) is 13.6. The van der Waals surface area contributed by atoms with Gasteiger partial charge in [0, 0.05) is 32.1 Å². The van der Waals surface area contributed by atoms with Crippen LogP contribution in [0.1, 0.15) is 24.2 Å². The molecule has 2 aromatic heterocycles. The average Bonchev–Trinajstić information content (AvgIpc) is 3.48. The molecule has 1 aliphatic carbocycles. The zero-order chi connectivity index (χ0) is 19.3. The Bertz CT molecular complexity index is 1030. The molecular weight excluding hydrogens is 352 g/mol. The maximum Gasteiger partial charge on any atom is 0.225 e.